The zero-order valence-electron chi connectivity index (χ0n) is 7.65. The Morgan fingerprint density at radius 3 is 2.88 bits per heavy atom. The molecule has 2 heterocycles. The maximum atomic E-state index is 13.3. The van der Waals surface area contributed by atoms with Crippen molar-refractivity contribution >= 4 is 17.6 Å². The van der Waals surface area contributed by atoms with Crippen molar-refractivity contribution in [2.45, 2.75) is 0 Å². The molecule has 0 radical (unpaired) electrons. The molecule has 0 saturated carbocycles. The molecule has 5 nitrogen and oxygen atoms in total. The van der Waals surface area contributed by atoms with Gasteiger partial charge in [-0.25, -0.2) is 9.78 Å². The first-order valence-electron chi connectivity index (χ1n) is 4.09. The number of hydrogen-bond donors (Lipinski definition) is 1. The van der Waals surface area contributed by atoms with E-state index in [9.17, 15) is 9.18 Å². The molecule has 0 bridgehead atoms. The summed E-state index contributed by atoms with van der Waals surface area (Å²) in [7, 11) is 0. The van der Waals surface area contributed by atoms with Crippen LogP contribution in [0.15, 0.2) is 22.9 Å². The largest absolute Gasteiger partial charge is 0.476 e. The molecule has 0 amide bonds. The number of hydrogen-bond acceptors (Lipinski definition) is 4. The summed E-state index contributed by atoms with van der Waals surface area (Å²) in [6, 6.07) is 2.37. The summed E-state index contributed by atoms with van der Waals surface area (Å²) in [5, 5.41) is 12.1. The topological polar surface area (TPSA) is 76.2 Å². The molecule has 2 aromatic rings. The van der Waals surface area contributed by atoms with E-state index in [4.69, 9.17) is 16.7 Å². The lowest BCUT2D eigenvalue weighted by atomic mass is 10.2. The Morgan fingerprint density at radius 2 is 2.25 bits per heavy atom. The second kappa shape index (κ2) is 3.90. The van der Waals surface area contributed by atoms with E-state index in [0.717, 1.165) is 12.3 Å². The third-order valence-electron chi connectivity index (χ3n) is 1.80. The monoisotopic (exact) mass is 242 g/mol. The van der Waals surface area contributed by atoms with Gasteiger partial charge in [-0.3, -0.25) is 0 Å². The molecular weight excluding hydrogens is 239 g/mol. The third-order valence-corrected chi connectivity index (χ3v) is 2.01. The molecule has 0 spiro atoms. The molecule has 0 aliphatic rings. The Kier molecular flexibility index (Phi) is 2.57. The van der Waals surface area contributed by atoms with Gasteiger partial charge in [-0.05, 0) is 6.07 Å². The Morgan fingerprint density at radius 1 is 1.50 bits per heavy atom. The van der Waals surface area contributed by atoms with Gasteiger partial charge < -0.3 is 9.63 Å². The Labute approximate surface area is 93.5 Å². The van der Waals surface area contributed by atoms with Crippen LogP contribution in [0.2, 0.25) is 5.02 Å². The minimum atomic E-state index is -1.26. The average Bonchev–Trinajstić information content (AvgIpc) is 2.70. The number of halogens is 2. The lowest BCUT2D eigenvalue weighted by Gasteiger charge is -1.96. The lowest BCUT2D eigenvalue weighted by molar-refractivity contribution is 0.0686. The summed E-state index contributed by atoms with van der Waals surface area (Å²) in [4.78, 5) is 13.9. The maximum absolute atomic E-state index is 13.3. The van der Waals surface area contributed by atoms with Crippen molar-refractivity contribution in [3.8, 4) is 11.3 Å². The first kappa shape index (κ1) is 10.6. The van der Waals surface area contributed by atoms with E-state index in [0.29, 0.717) is 0 Å². The van der Waals surface area contributed by atoms with E-state index in [-0.39, 0.29) is 22.0 Å². The molecule has 0 unspecified atom stereocenters. The highest BCUT2D eigenvalue weighted by Crippen LogP contribution is 2.25. The normalized spacial score (nSPS) is 10.4. The van der Waals surface area contributed by atoms with Crippen molar-refractivity contribution in [2.24, 2.45) is 0 Å². The zero-order valence-corrected chi connectivity index (χ0v) is 8.40. The maximum Gasteiger partial charge on any atom is 0.358 e. The fraction of sp³-hybridized carbons (Fsp3) is 0. The van der Waals surface area contributed by atoms with E-state index >= 15 is 0 Å². The van der Waals surface area contributed by atoms with Gasteiger partial charge in [0.25, 0.3) is 0 Å². The highest BCUT2D eigenvalue weighted by Gasteiger charge is 2.16. The lowest BCUT2D eigenvalue weighted by Crippen LogP contribution is -1.94. The van der Waals surface area contributed by atoms with E-state index in [1.54, 1.807) is 0 Å². The number of carboxylic acids is 1. The summed E-state index contributed by atoms with van der Waals surface area (Å²) in [5.74, 6) is -2.10. The van der Waals surface area contributed by atoms with E-state index in [2.05, 4.69) is 14.7 Å². The van der Waals surface area contributed by atoms with Gasteiger partial charge in [0.05, 0.1) is 10.6 Å². The fourth-order valence-corrected chi connectivity index (χ4v) is 1.26. The number of pyridine rings is 1. The number of carboxylic acid groups (broad SMARTS) is 1. The second-order valence-electron chi connectivity index (χ2n) is 2.87. The van der Waals surface area contributed by atoms with E-state index in [1.165, 1.54) is 6.07 Å². The van der Waals surface area contributed by atoms with Crippen molar-refractivity contribution in [1.82, 2.24) is 10.1 Å². The summed E-state index contributed by atoms with van der Waals surface area (Å²) in [5.41, 5.74) is -0.345. The molecule has 0 aromatic carbocycles. The molecule has 0 atom stereocenters. The standard InChI is InChI=1S/C9H4ClFN2O3/c10-4-1-5(8(11)12-3-4)7-2-6(9(14)15)13-16-7/h1-3H,(H,14,15). The molecule has 0 saturated heterocycles. The van der Waals surface area contributed by atoms with Crippen LogP contribution in [0.3, 0.4) is 0 Å². The highest BCUT2D eigenvalue weighted by atomic mass is 35.5. The van der Waals surface area contributed by atoms with Crippen molar-refractivity contribution in [1.29, 1.82) is 0 Å². The van der Waals surface area contributed by atoms with Crippen molar-refractivity contribution < 1.29 is 18.8 Å². The Bertz CT molecular complexity index is 555. The van der Waals surface area contributed by atoms with Gasteiger partial charge in [0.2, 0.25) is 5.95 Å². The molecule has 82 valence electrons. The van der Waals surface area contributed by atoms with E-state index < -0.39 is 11.9 Å². The average molecular weight is 243 g/mol. The molecule has 0 fully saturated rings. The van der Waals surface area contributed by atoms with Gasteiger partial charge in [-0.2, -0.15) is 4.39 Å². The Balaban J connectivity index is 2.50. The van der Waals surface area contributed by atoms with Crippen molar-refractivity contribution in [3.63, 3.8) is 0 Å². The van der Waals surface area contributed by atoms with Crippen LogP contribution >= 0.6 is 11.6 Å². The third kappa shape index (κ3) is 1.87. The smallest absolute Gasteiger partial charge is 0.358 e. The first-order chi connectivity index (χ1) is 7.58. The SMILES string of the molecule is O=C(O)c1cc(-c2cc(Cl)cnc2F)on1. The van der Waals surface area contributed by atoms with Crippen LogP contribution in [-0.2, 0) is 0 Å². The molecule has 0 aliphatic heterocycles. The number of aromatic carboxylic acids is 1. The van der Waals surface area contributed by atoms with Crippen LogP contribution in [0.4, 0.5) is 4.39 Å². The molecular formula is C9H4ClFN2O3. The predicted octanol–water partition coefficient (Wildman–Crippen LogP) is 2.23. The van der Waals surface area contributed by atoms with Gasteiger partial charge in [0, 0.05) is 12.3 Å². The van der Waals surface area contributed by atoms with Gasteiger partial charge in [-0.15, -0.1) is 0 Å². The summed E-state index contributed by atoms with van der Waals surface area (Å²) < 4.78 is 17.9. The molecule has 1 N–H and O–H groups in total. The Hall–Kier alpha value is -1.95. The van der Waals surface area contributed by atoms with Crippen molar-refractivity contribution in [2.75, 3.05) is 0 Å². The molecule has 7 heteroatoms. The molecule has 0 aliphatic carbocycles. The first-order valence-corrected chi connectivity index (χ1v) is 4.47. The predicted molar refractivity (Wildman–Crippen MR) is 51.7 cm³/mol. The van der Waals surface area contributed by atoms with Crippen LogP contribution < -0.4 is 0 Å². The quantitative estimate of drug-likeness (QED) is 0.817. The second-order valence-corrected chi connectivity index (χ2v) is 3.31. The minimum absolute atomic E-state index is 0.0347. The summed E-state index contributed by atoms with van der Waals surface area (Å²) in [6.07, 6.45) is 1.13. The number of aromatic nitrogens is 2. The summed E-state index contributed by atoms with van der Waals surface area (Å²) in [6.45, 7) is 0. The van der Waals surface area contributed by atoms with E-state index in [1.807, 2.05) is 0 Å². The van der Waals surface area contributed by atoms with Gasteiger partial charge in [0.15, 0.2) is 11.5 Å². The van der Waals surface area contributed by atoms with Crippen LogP contribution in [0, 0.1) is 5.95 Å². The van der Waals surface area contributed by atoms with Crippen LogP contribution in [0.25, 0.3) is 11.3 Å². The molecule has 2 aromatic heterocycles. The van der Waals surface area contributed by atoms with Crippen LogP contribution in [-0.4, -0.2) is 21.2 Å². The fourth-order valence-electron chi connectivity index (χ4n) is 1.10. The number of rotatable bonds is 2. The zero-order chi connectivity index (χ0) is 11.7. The molecule has 16 heavy (non-hydrogen) atoms. The molecule has 2 rings (SSSR count). The highest BCUT2D eigenvalue weighted by molar-refractivity contribution is 6.30. The minimum Gasteiger partial charge on any atom is -0.476 e. The van der Waals surface area contributed by atoms with Crippen LogP contribution in [0.5, 0.6) is 0 Å². The number of carbonyl (C=O) groups is 1. The summed E-state index contributed by atoms with van der Waals surface area (Å²) >= 11 is 5.63. The van der Waals surface area contributed by atoms with Crippen LogP contribution in [0.1, 0.15) is 10.5 Å². The van der Waals surface area contributed by atoms with Gasteiger partial charge >= 0.3 is 5.97 Å². The van der Waals surface area contributed by atoms with Crippen molar-refractivity contribution in [3.05, 3.63) is 35.0 Å². The number of nitrogens with zero attached hydrogens (tertiary/aromatic N) is 2. The van der Waals surface area contributed by atoms with Gasteiger partial charge in [-0.1, -0.05) is 16.8 Å². The van der Waals surface area contributed by atoms with Gasteiger partial charge in [0.1, 0.15) is 0 Å².